The monoisotopic (exact) mass is 388 g/mol. The molecule has 1 aliphatic rings. The van der Waals surface area contributed by atoms with Crippen molar-refractivity contribution in [1.82, 2.24) is 5.32 Å². The van der Waals surface area contributed by atoms with Crippen molar-refractivity contribution in [3.05, 3.63) is 65.2 Å². The second-order valence-corrected chi connectivity index (χ2v) is 8.46. The molecule has 27 heavy (non-hydrogen) atoms. The number of rotatable bonds is 7. The molecular weight excluding hydrogens is 364 g/mol. The van der Waals surface area contributed by atoms with E-state index in [9.17, 15) is 13.2 Å². The van der Waals surface area contributed by atoms with Gasteiger partial charge < -0.3 is 10.1 Å². The van der Waals surface area contributed by atoms with E-state index in [1.807, 2.05) is 25.1 Å². The van der Waals surface area contributed by atoms with Crippen LogP contribution in [0.1, 0.15) is 34.3 Å². The molecule has 6 nitrogen and oxygen atoms in total. The Hall–Kier alpha value is -2.38. The lowest BCUT2D eigenvalue weighted by Gasteiger charge is -2.14. The van der Waals surface area contributed by atoms with Crippen molar-refractivity contribution in [2.24, 2.45) is 0 Å². The van der Waals surface area contributed by atoms with Gasteiger partial charge in [-0.3, -0.25) is 9.52 Å². The van der Waals surface area contributed by atoms with Gasteiger partial charge in [0.1, 0.15) is 0 Å². The average Bonchev–Trinajstić information content (AvgIpc) is 3.13. The van der Waals surface area contributed by atoms with Gasteiger partial charge in [-0.1, -0.05) is 42.0 Å². The number of hydrogen-bond acceptors (Lipinski definition) is 4. The van der Waals surface area contributed by atoms with Gasteiger partial charge in [-0.15, -0.1) is 0 Å². The maximum atomic E-state index is 12.6. The molecule has 1 aliphatic heterocycles. The van der Waals surface area contributed by atoms with Crippen molar-refractivity contribution in [3.8, 4) is 0 Å². The number of carbonyl (C=O) groups excluding carboxylic acids is 1. The molecule has 1 amide bonds. The van der Waals surface area contributed by atoms with Crippen LogP contribution >= 0.6 is 0 Å². The fourth-order valence-corrected chi connectivity index (χ4v) is 4.31. The number of sulfonamides is 1. The number of para-hydroxylation sites is 1. The zero-order valence-corrected chi connectivity index (χ0v) is 16.1. The first-order chi connectivity index (χ1) is 12.9. The summed E-state index contributed by atoms with van der Waals surface area (Å²) in [5, 5.41) is 2.83. The highest BCUT2D eigenvalue weighted by Crippen LogP contribution is 2.19. The molecule has 2 N–H and O–H groups in total. The Morgan fingerprint density at radius 1 is 1.19 bits per heavy atom. The summed E-state index contributed by atoms with van der Waals surface area (Å²) < 4.78 is 33.2. The molecule has 1 atom stereocenters. The van der Waals surface area contributed by atoms with Gasteiger partial charge >= 0.3 is 0 Å². The number of aryl methyl sites for hydroxylation is 1. The largest absolute Gasteiger partial charge is 0.376 e. The number of carbonyl (C=O) groups is 1. The number of benzene rings is 2. The Bertz CT molecular complexity index is 906. The Balaban J connectivity index is 1.69. The summed E-state index contributed by atoms with van der Waals surface area (Å²) >= 11 is 0. The standard InChI is InChI=1S/C20H24N2O4S/c1-15-6-4-7-16(12-15)14-27(24,25)22-19-10-3-2-9-18(19)20(23)21-13-17-8-5-11-26-17/h2-4,6-7,9-10,12,17,22H,5,8,11,13-14H2,1H3,(H,21,23)/t17-/m0/s1. The van der Waals surface area contributed by atoms with Gasteiger partial charge in [0.15, 0.2) is 0 Å². The molecule has 2 aromatic rings. The summed E-state index contributed by atoms with van der Waals surface area (Å²) in [5.74, 6) is -0.472. The number of nitrogens with one attached hydrogen (secondary N) is 2. The van der Waals surface area contributed by atoms with E-state index >= 15 is 0 Å². The lowest BCUT2D eigenvalue weighted by Crippen LogP contribution is -2.32. The van der Waals surface area contributed by atoms with Crippen molar-refractivity contribution < 1.29 is 17.9 Å². The number of hydrogen-bond donors (Lipinski definition) is 2. The molecule has 3 rings (SSSR count). The van der Waals surface area contributed by atoms with E-state index in [1.54, 1.807) is 30.3 Å². The quantitative estimate of drug-likeness (QED) is 0.764. The van der Waals surface area contributed by atoms with Crippen LogP contribution < -0.4 is 10.0 Å². The van der Waals surface area contributed by atoms with Gasteiger partial charge in [0, 0.05) is 13.2 Å². The highest BCUT2D eigenvalue weighted by molar-refractivity contribution is 7.91. The predicted octanol–water partition coefficient (Wildman–Crippen LogP) is 2.85. The van der Waals surface area contributed by atoms with Gasteiger partial charge in [0.2, 0.25) is 10.0 Å². The molecule has 0 spiro atoms. The first kappa shape index (κ1) is 19.4. The van der Waals surface area contributed by atoms with E-state index in [0.717, 1.165) is 25.0 Å². The maximum absolute atomic E-state index is 12.6. The van der Waals surface area contributed by atoms with E-state index in [4.69, 9.17) is 4.74 Å². The lowest BCUT2D eigenvalue weighted by molar-refractivity contribution is 0.0858. The minimum Gasteiger partial charge on any atom is -0.376 e. The summed E-state index contributed by atoms with van der Waals surface area (Å²) in [5.41, 5.74) is 2.26. The maximum Gasteiger partial charge on any atom is 0.253 e. The summed E-state index contributed by atoms with van der Waals surface area (Å²) in [6.07, 6.45) is 1.94. The molecule has 1 fully saturated rings. The van der Waals surface area contributed by atoms with Gasteiger partial charge in [0.25, 0.3) is 5.91 Å². The summed E-state index contributed by atoms with van der Waals surface area (Å²) in [6, 6.07) is 13.9. The smallest absolute Gasteiger partial charge is 0.253 e. The van der Waals surface area contributed by atoms with Crippen LogP contribution in [0.4, 0.5) is 5.69 Å². The fraction of sp³-hybridized carbons (Fsp3) is 0.350. The second-order valence-electron chi connectivity index (χ2n) is 6.74. The lowest BCUT2D eigenvalue weighted by atomic mass is 10.1. The molecule has 144 valence electrons. The fourth-order valence-electron chi connectivity index (χ4n) is 3.10. The topological polar surface area (TPSA) is 84.5 Å². The van der Waals surface area contributed by atoms with Crippen molar-refractivity contribution in [1.29, 1.82) is 0 Å². The SMILES string of the molecule is Cc1cccc(CS(=O)(=O)Nc2ccccc2C(=O)NC[C@@H]2CCCO2)c1. The Morgan fingerprint density at radius 3 is 2.74 bits per heavy atom. The minimum absolute atomic E-state index is 0.0270. The molecule has 0 aliphatic carbocycles. The molecule has 1 saturated heterocycles. The van der Waals surface area contributed by atoms with E-state index in [0.29, 0.717) is 17.7 Å². The Kier molecular flexibility index (Phi) is 6.13. The van der Waals surface area contributed by atoms with Crippen LogP contribution in [0.3, 0.4) is 0 Å². The Labute approximate surface area is 160 Å². The third kappa shape index (κ3) is 5.55. The van der Waals surface area contributed by atoms with Crippen LogP contribution in [0, 0.1) is 6.92 Å². The molecular formula is C20H24N2O4S. The first-order valence-corrected chi connectivity index (χ1v) is 10.6. The van der Waals surface area contributed by atoms with Crippen molar-refractivity contribution in [2.45, 2.75) is 31.6 Å². The van der Waals surface area contributed by atoms with E-state index in [-0.39, 0.29) is 23.5 Å². The highest BCUT2D eigenvalue weighted by Gasteiger charge is 2.20. The van der Waals surface area contributed by atoms with E-state index in [2.05, 4.69) is 10.0 Å². The van der Waals surface area contributed by atoms with Crippen LogP contribution in [-0.4, -0.2) is 33.6 Å². The molecule has 0 bridgehead atoms. The molecule has 0 radical (unpaired) electrons. The van der Waals surface area contributed by atoms with Crippen molar-refractivity contribution >= 4 is 21.6 Å². The second kappa shape index (κ2) is 8.54. The van der Waals surface area contributed by atoms with Crippen LogP contribution in [-0.2, 0) is 20.5 Å². The summed E-state index contributed by atoms with van der Waals surface area (Å²) in [7, 11) is -3.65. The number of anilines is 1. The van der Waals surface area contributed by atoms with Gasteiger partial charge in [-0.05, 0) is 37.5 Å². The average molecular weight is 388 g/mol. The van der Waals surface area contributed by atoms with E-state index < -0.39 is 10.0 Å². The van der Waals surface area contributed by atoms with Crippen LogP contribution in [0.15, 0.2) is 48.5 Å². The summed E-state index contributed by atoms with van der Waals surface area (Å²) in [6.45, 7) is 3.05. The molecule has 0 aromatic heterocycles. The third-order valence-electron chi connectivity index (χ3n) is 4.39. The summed E-state index contributed by atoms with van der Waals surface area (Å²) in [4.78, 5) is 12.5. The van der Waals surface area contributed by atoms with Crippen molar-refractivity contribution in [3.63, 3.8) is 0 Å². The zero-order valence-electron chi connectivity index (χ0n) is 15.3. The Morgan fingerprint density at radius 2 is 2.00 bits per heavy atom. The van der Waals surface area contributed by atoms with Gasteiger partial charge in [-0.25, -0.2) is 8.42 Å². The van der Waals surface area contributed by atoms with Gasteiger partial charge in [0.05, 0.1) is 23.1 Å². The molecule has 7 heteroatoms. The van der Waals surface area contributed by atoms with Crippen LogP contribution in [0.2, 0.25) is 0 Å². The van der Waals surface area contributed by atoms with Crippen molar-refractivity contribution in [2.75, 3.05) is 17.9 Å². The van der Waals surface area contributed by atoms with E-state index in [1.165, 1.54) is 0 Å². The number of amides is 1. The molecule has 0 unspecified atom stereocenters. The normalized spacial score (nSPS) is 16.9. The highest BCUT2D eigenvalue weighted by atomic mass is 32.2. The molecule has 1 heterocycles. The predicted molar refractivity (Wildman–Crippen MR) is 105 cm³/mol. The third-order valence-corrected chi connectivity index (χ3v) is 5.63. The zero-order chi connectivity index (χ0) is 19.3. The van der Waals surface area contributed by atoms with Crippen LogP contribution in [0.25, 0.3) is 0 Å². The van der Waals surface area contributed by atoms with Crippen LogP contribution in [0.5, 0.6) is 0 Å². The number of ether oxygens (including phenoxy) is 1. The van der Waals surface area contributed by atoms with Gasteiger partial charge in [-0.2, -0.15) is 0 Å². The first-order valence-electron chi connectivity index (χ1n) is 8.98. The minimum atomic E-state index is -3.65. The molecule has 2 aromatic carbocycles. The molecule has 0 saturated carbocycles.